The number of carbonyl (C=O) groups is 1. The molecule has 0 amide bonds. The molecule has 0 saturated carbocycles. The molecule has 0 aliphatic carbocycles. The van der Waals surface area contributed by atoms with Crippen LogP contribution in [0.25, 0.3) is 0 Å². The van der Waals surface area contributed by atoms with Crippen molar-refractivity contribution in [2.45, 2.75) is 90.6 Å². The van der Waals surface area contributed by atoms with Crippen molar-refractivity contribution in [2.24, 2.45) is 0 Å². The Hall–Kier alpha value is -0.560. The van der Waals surface area contributed by atoms with Crippen molar-refractivity contribution in [2.75, 3.05) is 6.61 Å². The van der Waals surface area contributed by atoms with Gasteiger partial charge in [0.1, 0.15) is 0 Å². The average molecular weight is 340 g/mol. The summed E-state index contributed by atoms with van der Waals surface area (Å²) >= 11 is 0. The summed E-state index contributed by atoms with van der Waals surface area (Å²) in [6.07, 6.45) is 1.42. The summed E-state index contributed by atoms with van der Waals surface area (Å²) in [7, 11) is -1.15. The van der Waals surface area contributed by atoms with E-state index in [4.69, 9.17) is 23.4 Å². The maximum absolute atomic E-state index is 10.9. The molecule has 2 rings (SSSR count). The lowest BCUT2D eigenvalue weighted by atomic mass is 9.49. The van der Waals surface area contributed by atoms with Crippen LogP contribution in [0.15, 0.2) is 0 Å². The van der Waals surface area contributed by atoms with Gasteiger partial charge in [-0.2, -0.15) is 0 Å². The largest absolute Gasteiger partial charge is 0.488 e. The Morgan fingerprint density at radius 3 is 1.79 bits per heavy atom. The minimum atomic E-state index is -0.584. The predicted octanol–water partition coefficient (Wildman–Crippen LogP) is 2.57. The van der Waals surface area contributed by atoms with Gasteiger partial charge in [-0.1, -0.05) is 0 Å². The molecule has 1 unspecified atom stereocenters. The summed E-state index contributed by atoms with van der Waals surface area (Å²) in [6.45, 7) is 15.8. The number of rotatable bonds is 5. The SMILES string of the molecule is CC(=O)OCCCC1(C)OB(B2OC(C)(C)C(C)(C)O2)OC1(C)C. The van der Waals surface area contributed by atoms with Crippen molar-refractivity contribution in [3.8, 4) is 0 Å². The summed E-state index contributed by atoms with van der Waals surface area (Å²) in [5.41, 5.74) is -1.87. The number of hydrogen-bond acceptors (Lipinski definition) is 6. The molecule has 136 valence electrons. The van der Waals surface area contributed by atoms with E-state index in [-0.39, 0.29) is 5.97 Å². The molecule has 2 fully saturated rings. The zero-order chi connectivity index (χ0) is 18.4. The van der Waals surface area contributed by atoms with Crippen LogP contribution in [0, 0.1) is 0 Å². The Morgan fingerprint density at radius 2 is 1.29 bits per heavy atom. The van der Waals surface area contributed by atoms with Crippen LogP contribution in [-0.2, 0) is 28.1 Å². The molecule has 6 nitrogen and oxygen atoms in total. The third kappa shape index (κ3) is 3.66. The van der Waals surface area contributed by atoms with Crippen LogP contribution >= 0.6 is 0 Å². The Kier molecular flexibility index (Phi) is 5.19. The van der Waals surface area contributed by atoms with Crippen molar-refractivity contribution in [1.82, 2.24) is 0 Å². The van der Waals surface area contributed by atoms with Gasteiger partial charge in [0, 0.05) is 6.92 Å². The molecule has 0 aromatic heterocycles. The van der Waals surface area contributed by atoms with Crippen LogP contribution in [0.4, 0.5) is 0 Å². The van der Waals surface area contributed by atoms with Crippen LogP contribution in [0.5, 0.6) is 0 Å². The second-order valence-corrected chi connectivity index (χ2v) is 8.41. The maximum Gasteiger partial charge on any atom is 0.488 e. The zero-order valence-corrected chi connectivity index (χ0v) is 16.2. The molecule has 2 aliphatic heterocycles. The fourth-order valence-electron chi connectivity index (χ4n) is 2.93. The maximum atomic E-state index is 10.9. The minimum Gasteiger partial charge on any atom is -0.466 e. The molecule has 1 atom stereocenters. The smallest absolute Gasteiger partial charge is 0.466 e. The molecule has 0 spiro atoms. The molecular formula is C16H30B2O6. The van der Waals surface area contributed by atoms with E-state index in [1.807, 2.05) is 48.5 Å². The lowest BCUT2D eigenvalue weighted by molar-refractivity contribution is -0.141. The van der Waals surface area contributed by atoms with E-state index in [9.17, 15) is 4.79 Å². The Morgan fingerprint density at radius 1 is 0.833 bits per heavy atom. The van der Waals surface area contributed by atoms with Crippen molar-refractivity contribution < 1.29 is 28.1 Å². The van der Waals surface area contributed by atoms with E-state index >= 15 is 0 Å². The first-order valence-corrected chi connectivity index (χ1v) is 8.64. The molecule has 0 N–H and O–H groups in total. The van der Waals surface area contributed by atoms with Crippen LogP contribution in [0.3, 0.4) is 0 Å². The fraction of sp³-hybridized carbons (Fsp3) is 0.938. The van der Waals surface area contributed by atoms with E-state index < -0.39 is 36.4 Å². The van der Waals surface area contributed by atoms with Crippen molar-refractivity contribution >= 4 is 20.0 Å². The Bertz CT molecular complexity index is 477. The van der Waals surface area contributed by atoms with Crippen molar-refractivity contribution in [1.29, 1.82) is 0 Å². The summed E-state index contributed by atoms with van der Waals surface area (Å²) in [6, 6.07) is 0. The van der Waals surface area contributed by atoms with Gasteiger partial charge in [-0.15, -0.1) is 0 Å². The summed E-state index contributed by atoms with van der Waals surface area (Å²) < 4.78 is 29.5. The topological polar surface area (TPSA) is 63.2 Å². The van der Waals surface area contributed by atoms with Gasteiger partial charge >= 0.3 is 20.0 Å². The normalized spacial score (nSPS) is 30.7. The molecule has 2 aliphatic rings. The Labute approximate surface area is 146 Å². The van der Waals surface area contributed by atoms with Crippen LogP contribution in [-0.4, -0.2) is 49.0 Å². The quantitative estimate of drug-likeness (QED) is 0.436. The highest BCUT2D eigenvalue weighted by Gasteiger charge is 2.64. The molecule has 0 aromatic rings. The van der Waals surface area contributed by atoms with E-state index in [1.54, 1.807) is 0 Å². The lowest BCUT2D eigenvalue weighted by Gasteiger charge is -2.36. The highest BCUT2D eigenvalue weighted by atomic mass is 16.7. The second-order valence-electron chi connectivity index (χ2n) is 8.41. The van der Waals surface area contributed by atoms with Gasteiger partial charge in [0.2, 0.25) is 0 Å². The van der Waals surface area contributed by atoms with Gasteiger partial charge < -0.3 is 23.4 Å². The highest BCUT2D eigenvalue weighted by molar-refractivity contribution is 7.11. The molecule has 0 aromatic carbocycles. The first kappa shape index (κ1) is 19.8. The van der Waals surface area contributed by atoms with Crippen LogP contribution in [0.1, 0.15) is 68.2 Å². The fourth-order valence-corrected chi connectivity index (χ4v) is 2.93. The van der Waals surface area contributed by atoms with Crippen LogP contribution in [0.2, 0.25) is 0 Å². The van der Waals surface area contributed by atoms with Gasteiger partial charge in [-0.25, -0.2) is 0 Å². The van der Waals surface area contributed by atoms with Crippen molar-refractivity contribution in [3.05, 3.63) is 0 Å². The van der Waals surface area contributed by atoms with Crippen LogP contribution < -0.4 is 0 Å². The van der Waals surface area contributed by atoms with Gasteiger partial charge in [0.25, 0.3) is 0 Å². The van der Waals surface area contributed by atoms with Crippen molar-refractivity contribution in [3.63, 3.8) is 0 Å². The highest BCUT2D eigenvalue weighted by Crippen LogP contribution is 2.44. The number of ether oxygens (including phenoxy) is 1. The number of esters is 1. The molecule has 2 heterocycles. The lowest BCUT2D eigenvalue weighted by Crippen LogP contribution is -2.45. The average Bonchev–Trinajstić information content (AvgIpc) is 2.76. The standard InChI is InChI=1S/C16H30B2O6/c1-12(19)20-11-9-10-16(8)15(6,7)23-18(24-16)17-21-13(2,3)14(4,5)22-17/h9-11H2,1-8H3. The number of hydrogen-bond donors (Lipinski definition) is 0. The van der Waals surface area contributed by atoms with Gasteiger partial charge in [-0.3, -0.25) is 4.79 Å². The molecule has 24 heavy (non-hydrogen) atoms. The molecular weight excluding hydrogens is 310 g/mol. The van der Waals surface area contributed by atoms with Gasteiger partial charge in [0.15, 0.2) is 0 Å². The summed E-state index contributed by atoms with van der Waals surface area (Å²) in [5.74, 6) is -0.266. The van der Waals surface area contributed by atoms with E-state index in [0.29, 0.717) is 19.4 Å². The summed E-state index contributed by atoms with van der Waals surface area (Å²) in [4.78, 5) is 10.9. The van der Waals surface area contributed by atoms with Gasteiger partial charge in [-0.05, 0) is 61.3 Å². The van der Waals surface area contributed by atoms with Gasteiger partial charge in [0.05, 0.1) is 29.0 Å². The zero-order valence-electron chi connectivity index (χ0n) is 16.2. The van der Waals surface area contributed by atoms with E-state index in [1.165, 1.54) is 6.92 Å². The predicted molar refractivity (Wildman–Crippen MR) is 92.4 cm³/mol. The second kappa shape index (κ2) is 6.31. The molecule has 8 heteroatoms. The first-order valence-electron chi connectivity index (χ1n) is 8.64. The first-order chi connectivity index (χ1) is 10.8. The summed E-state index contributed by atoms with van der Waals surface area (Å²) in [5, 5.41) is 0. The third-order valence-corrected chi connectivity index (χ3v) is 5.66. The molecule has 0 bridgehead atoms. The molecule has 2 saturated heterocycles. The Balaban J connectivity index is 2.00. The van der Waals surface area contributed by atoms with E-state index in [2.05, 4.69) is 0 Å². The third-order valence-electron chi connectivity index (χ3n) is 5.66. The number of carbonyl (C=O) groups excluding carboxylic acids is 1. The minimum absolute atomic E-state index is 0.266. The van der Waals surface area contributed by atoms with E-state index in [0.717, 1.165) is 0 Å². The molecule has 0 radical (unpaired) electrons. The monoisotopic (exact) mass is 340 g/mol.